The van der Waals surface area contributed by atoms with Crippen LogP contribution in [0.1, 0.15) is 48.8 Å². The van der Waals surface area contributed by atoms with E-state index in [1.54, 1.807) is 7.11 Å². The summed E-state index contributed by atoms with van der Waals surface area (Å²) >= 11 is 0. The predicted octanol–water partition coefficient (Wildman–Crippen LogP) is 2.25. The van der Waals surface area contributed by atoms with E-state index in [2.05, 4.69) is 25.0 Å². The number of aromatic nitrogens is 3. The lowest BCUT2D eigenvalue weighted by atomic mass is 9.90. The Kier molecular flexibility index (Phi) is 5.53. The topological polar surface area (TPSA) is 72.3 Å². The molecule has 1 aromatic heterocycles. The first kappa shape index (κ1) is 20.2. The van der Waals surface area contributed by atoms with E-state index >= 15 is 0 Å². The van der Waals surface area contributed by atoms with E-state index in [0.29, 0.717) is 5.92 Å². The zero-order valence-electron chi connectivity index (χ0n) is 16.8. The number of para-hydroxylation sites is 1. The van der Waals surface area contributed by atoms with Crippen molar-refractivity contribution in [2.24, 2.45) is 0 Å². The summed E-state index contributed by atoms with van der Waals surface area (Å²) in [7, 11) is 1.68. The van der Waals surface area contributed by atoms with Crippen molar-refractivity contribution in [3.05, 3.63) is 41.5 Å². The largest absolute Gasteiger partial charge is 0.496 e. The minimum Gasteiger partial charge on any atom is -0.496 e. The number of rotatable bonds is 4. The summed E-state index contributed by atoms with van der Waals surface area (Å²) in [6.07, 6.45) is 3.74. The van der Waals surface area contributed by atoms with Crippen LogP contribution in [-0.2, 0) is 23.3 Å². The number of halogens is 1. The lowest BCUT2D eigenvalue weighted by Crippen LogP contribution is -2.44. The Morgan fingerprint density at radius 2 is 1.93 bits per heavy atom. The molecule has 156 valence electrons. The van der Waals surface area contributed by atoms with Gasteiger partial charge in [-0.3, -0.25) is 4.79 Å². The predicted molar refractivity (Wildman–Crippen MR) is 111 cm³/mol. The molecule has 7 nitrogen and oxygen atoms in total. The van der Waals surface area contributed by atoms with Crippen LogP contribution in [0.2, 0.25) is 0 Å². The highest BCUT2D eigenvalue weighted by Crippen LogP contribution is 2.52. The van der Waals surface area contributed by atoms with Crippen molar-refractivity contribution in [2.75, 3.05) is 26.7 Å². The summed E-state index contributed by atoms with van der Waals surface area (Å²) in [4.78, 5) is 15.5. The fourth-order valence-electron chi connectivity index (χ4n) is 4.82. The summed E-state index contributed by atoms with van der Waals surface area (Å²) in [6.45, 7) is 4.29. The maximum atomic E-state index is 13.4. The third-order valence-electron chi connectivity index (χ3n) is 6.58. The Hall–Kier alpha value is -2.12. The summed E-state index contributed by atoms with van der Waals surface area (Å²) in [6, 6.07) is 7.97. The van der Waals surface area contributed by atoms with E-state index in [-0.39, 0.29) is 23.7 Å². The minimum absolute atomic E-state index is 0. The molecule has 1 saturated heterocycles. The highest BCUT2D eigenvalue weighted by Gasteiger charge is 2.54. The molecule has 0 radical (unpaired) electrons. The maximum absolute atomic E-state index is 13.4. The fraction of sp³-hybridized carbons (Fsp3) is 0.571. The van der Waals surface area contributed by atoms with Gasteiger partial charge in [0.15, 0.2) is 0 Å². The van der Waals surface area contributed by atoms with Gasteiger partial charge in [0.2, 0.25) is 5.91 Å². The van der Waals surface area contributed by atoms with E-state index < -0.39 is 0 Å². The van der Waals surface area contributed by atoms with E-state index in [1.165, 1.54) is 0 Å². The number of benzene rings is 1. The van der Waals surface area contributed by atoms with Crippen LogP contribution in [0.15, 0.2) is 24.3 Å². The van der Waals surface area contributed by atoms with Gasteiger partial charge >= 0.3 is 0 Å². The highest BCUT2D eigenvalue weighted by atomic mass is 35.5. The van der Waals surface area contributed by atoms with E-state index in [0.717, 1.165) is 81.4 Å². The van der Waals surface area contributed by atoms with E-state index in [4.69, 9.17) is 4.74 Å². The number of carbonyl (C=O) groups excluding carboxylic acids is 1. The molecule has 0 spiro atoms. The number of carbonyl (C=O) groups is 1. The molecule has 0 bridgehead atoms. The molecule has 1 aromatic carbocycles. The second-order valence-corrected chi connectivity index (χ2v) is 8.15. The standard InChI is InChI=1S/C21H27N5O2.ClH/c1-28-17-5-3-2-4-16(17)21(8-9-21)20(27)25-11-6-15(7-12-25)19-24-23-18-14-22-10-13-26(18)19;/h2-5,15,22H,6-14H2,1H3;1H. The van der Waals surface area contributed by atoms with Crippen molar-refractivity contribution in [3.63, 3.8) is 0 Å². The Balaban J connectivity index is 0.00000205. The number of nitrogens with one attached hydrogen (secondary N) is 1. The summed E-state index contributed by atoms with van der Waals surface area (Å²) in [5.74, 6) is 3.63. The maximum Gasteiger partial charge on any atom is 0.233 e. The molecule has 1 amide bonds. The number of piperidine rings is 1. The van der Waals surface area contributed by atoms with Crippen molar-refractivity contribution in [2.45, 2.75) is 50.1 Å². The van der Waals surface area contributed by atoms with Gasteiger partial charge in [-0.05, 0) is 31.7 Å². The lowest BCUT2D eigenvalue weighted by Gasteiger charge is -2.34. The molecule has 2 aromatic rings. The first-order valence-corrected chi connectivity index (χ1v) is 10.3. The van der Waals surface area contributed by atoms with Crippen LogP contribution < -0.4 is 10.1 Å². The zero-order valence-corrected chi connectivity index (χ0v) is 17.6. The second kappa shape index (κ2) is 7.95. The Bertz CT molecular complexity index is 887. The molecule has 8 heteroatoms. The molecular weight excluding hydrogens is 390 g/mol. The number of hydrogen-bond donors (Lipinski definition) is 1. The van der Waals surface area contributed by atoms with E-state index in [1.807, 2.05) is 24.3 Å². The molecule has 1 N–H and O–H groups in total. The molecule has 2 fully saturated rings. The summed E-state index contributed by atoms with van der Waals surface area (Å²) < 4.78 is 7.81. The Morgan fingerprint density at radius 3 is 2.66 bits per heavy atom. The normalized spacial score (nSPS) is 20.5. The van der Waals surface area contributed by atoms with E-state index in [9.17, 15) is 4.79 Å². The molecule has 3 heterocycles. The number of likely N-dealkylation sites (tertiary alicyclic amines) is 1. The molecule has 1 saturated carbocycles. The van der Waals surface area contributed by atoms with Gasteiger partial charge < -0.3 is 19.5 Å². The molecule has 2 aliphatic heterocycles. The molecule has 1 aliphatic carbocycles. The van der Waals surface area contributed by atoms with Crippen molar-refractivity contribution in [3.8, 4) is 5.75 Å². The summed E-state index contributed by atoms with van der Waals surface area (Å²) in [5.41, 5.74) is 0.669. The average Bonchev–Trinajstić information content (AvgIpc) is 3.46. The third kappa shape index (κ3) is 3.40. The van der Waals surface area contributed by atoms with Gasteiger partial charge in [0, 0.05) is 37.7 Å². The second-order valence-electron chi connectivity index (χ2n) is 8.15. The van der Waals surface area contributed by atoms with Crippen LogP contribution in [0.3, 0.4) is 0 Å². The molecule has 0 atom stereocenters. The summed E-state index contributed by atoms with van der Waals surface area (Å²) in [5, 5.41) is 12.2. The van der Waals surface area contributed by atoms with Crippen LogP contribution in [0.5, 0.6) is 5.75 Å². The molecule has 29 heavy (non-hydrogen) atoms. The number of hydrogen-bond acceptors (Lipinski definition) is 5. The zero-order chi connectivity index (χ0) is 19.1. The smallest absolute Gasteiger partial charge is 0.233 e. The Morgan fingerprint density at radius 1 is 1.17 bits per heavy atom. The van der Waals surface area contributed by atoms with Gasteiger partial charge in [-0.1, -0.05) is 18.2 Å². The van der Waals surface area contributed by atoms with Crippen molar-refractivity contribution in [1.82, 2.24) is 25.0 Å². The van der Waals surface area contributed by atoms with Gasteiger partial charge in [0.25, 0.3) is 0 Å². The molecule has 5 rings (SSSR count). The quantitative estimate of drug-likeness (QED) is 0.826. The Labute approximate surface area is 177 Å². The first-order valence-electron chi connectivity index (χ1n) is 10.3. The highest BCUT2D eigenvalue weighted by molar-refractivity contribution is 5.92. The monoisotopic (exact) mass is 417 g/mol. The minimum atomic E-state index is -0.376. The van der Waals surface area contributed by atoms with Gasteiger partial charge in [0.05, 0.1) is 19.1 Å². The van der Waals surface area contributed by atoms with Gasteiger partial charge in [-0.25, -0.2) is 0 Å². The fourth-order valence-corrected chi connectivity index (χ4v) is 4.82. The average molecular weight is 418 g/mol. The van der Waals surface area contributed by atoms with Crippen LogP contribution >= 0.6 is 12.4 Å². The molecule has 3 aliphatic rings. The van der Waals surface area contributed by atoms with Crippen molar-refractivity contribution >= 4 is 18.3 Å². The van der Waals surface area contributed by atoms with Crippen LogP contribution in [-0.4, -0.2) is 52.3 Å². The third-order valence-corrected chi connectivity index (χ3v) is 6.58. The lowest BCUT2D eigenvalue weighted by molar-refractivity contribution is -0.135. The number of methoxy groups -OCH3 is 1. The SMILES string of the molecule is COc1ccccc1C1(C(=O)N2CCC(c3nnc4n3CCNC4)CC2)CC1.Cl. The first-order chi connectivity index (χ1) is 13.7. The van der Waals surface area contributed by atoms with Crippen LogP contribution in [0, 0.1) is 0 Å². The van der Waals surface area contributed by atoms with Crippen LogP contribution in [0.25, 0.3) is 0 Å². The van der Waals surface area contributed by atoms with Crippen molar-refractivity contribution in [1.29, 1.82) is 0 Å². The molecule has 0 unspecified atom stereocenters. The van der Waals surface area contributed by atoms with Crippen molar-refractivity contribution < 1.29 is 9.53 Å². The molecular formula is C21H28ClN5O2. The van der Waals surface area contributed by atoms with Gasteiger partial charge in [-0.2, -0.15) is 0 Å². The number of amides is 1. The number of nitrogens with zero attached hydrogens (tertiary/aromatic N) is 4. The van der Waals surface area contributed by atoms with Crippen LogP contribution in [0.4, 0.5) is 0 Å². The number of fused-ring (bicyclic) bond motifs is 1. The van der Waals surface area contributed by atoms with Gasteiger partial charge in [-0.15, -0.1) is 22.6 Å². The number of ether oxygens (including phenoxy) is 1. The van der Waals surface area contributed by atoms with Gasteiger partial charge in [0.1, 0.15) is 17.4 Å².